The van der Waals surface area contributed by atoms with Gasteiger partial charge in [0.25, 0.3) is 0 Å². The molecular formula is C11H20O4. The molecule has 0 spiro atoms. The SMILES string of the molecule is CC.CC1CCC(C(=O)O)C(C(=O)O)C1. The van der Waals surface area contributed by atoms with Crippen molar-refractivity contribution in [3.8, 4) is 0 Å². The normalized spacial score (nSPS) is 29.9. The number of aliphatic carboxylic acids is 2. The maximum Gasteiger partial charge on any atom is 0.307 e. The largest absolute Gasteiger partial charge is 0.481 e. The second-order valence-corrected chi connectivity index (χ2v) is 3.81. The monoisotopic (exact) mass is 216 g/mol. The van der Waals surface area contributed by atoms with Crippen LogP contribution in [0.1, 0.15) is 40.0 Å². The average molecular weight is 216 g/mol. The predicted octanol–water partition coefficient (Wildman–Crippen LogP) is 2.23. The molecule has 1 rings (SSSR count). The Hall–Kier alpha value is -1.06. The van der Waals surface area contributed by atoms with Crippen LogP contribution in [-0.4, -0.2) is 22.2 Å². The summed E-state index contributed by atoms with van der Waals surface area (Å²) in [6.45, 7) is 5.97. The maximum atomic E-state index is 10.8. The Morgan fingerprint density at radius 3 is 1.87 bits per heavy atom. The van der Waals surface area contributed by atoms with Crippen molar-refractivity contribution in [1.82, 2.24) is 0 Å². The van der Waals surface area contributed by atoms with Crippen LogP contribution in [0.15, 0.2) is 0 Å². The van der Waals surface area contributed by atoms with E-state index in [1.165, 1.54) is 0 Å². The molecule has 3 unspecified atom stereocenters. The molecule has 0 amide bonds. The van der Waals surface area contributed by atoms with Gasteiger partial charge in [-0.3, -0.25) is 9.59 Å². The molecule has 4 heteroatoms. The first kappa shape index (κ1) is 13.9. The summed E-state index contributed by atoms with van der Waals surface area (Å²) in [6, 6.07) is 0. The molecule has 1 fully saturated rings. The van der Waals surface area contributed by atoms with Crippen molar-refractivity contribution in [1.29, 1.82) is 0 Å². The summed E-state index contributed by atoms with van der Waals surface area (Å²) in [5, 5.41) is 17.6. The first-order valence-electron chi connectivity index (χ1n) is 5.48. The second-order valence-electron chi connectivity index (χ2n) is 3.81. The van der Waals surface area contributed by atoms with Gasteiger partial charge in [0.1, 0.15) is 0 Å². The molecule has 0 aromatic heterocycles. The van der Waals surface area contributed by atoms with E-state index >= 15 is 0 Å². The van der Waals surface area contributed by atoms with Gasteiger partial charge in [0.15, 0.2) is 0 Å². The van der Waals surface area contributed by atoms with E-state index in [1.807, 2.05) is 20.8 Å². The Balaban J connectivity index is 0.000000921. The molecule has 88 valence electrons. The van der Waals surface area contributed by atoms with E-state index in [0.717, 1.165) is 6.42 Å². The van der Waals surface area contributed by atoms with Crippen molar-refractivity contribution in [2.24, 2.45) is 17.8 Å². The molecule has 0 bridgehead atoms. The highest BCUT2D eigenvalue weighted by molar-refractivity contribution is 5.80. The molecule has 0 radical (unpaired) electrons. The second kappa shape index (κ2) is 6.43. The van der Waals surface area contributed by atoms with Crippen LogP contribution in [0.25, 0.3) is 0 Å². The van der Waals surface area contributed by atoms with Crippen molar-refractivity contribution in [3.05, 3.63) is 0 Å². The Kier molecular flexibility index (Phi) is 5.97. The van der Waals surface area contributed by atoms with Crippen molar-refractivity contribution in [2.75, 3.05) is 0 Å². The smallest absolute Gasteiger partial charge is 0.307 e. The van der Waals surface area contributed by atoms with Crippen LogP contribution in [0.2, 0.25) is 0 Å². The molecule has 0 heterocycles. The molecule has 0 aromatic rings. The number of carbonyl (C=O) groups is 2. The zero-order chi connectivity index (χ0) is 12.0. The van der Waals surface area contributed by atoms with Gasteiger partial charge < -0.3 is 10.2 Å². The van der Waals surface area contributed by atoms with Crippen molar-refractivity contribution >= 4 is 11.9 Å². The minimum Gasteiger partial charge on any atom is -0.481 e. The molecule has 1 saturated carbocycles. The molecule has 2 N–H and O–H groups in total. The number of rotatable bonds is 2. The van der Waals surface area contributed by atoms with Gasteiger partial charge in [-0.2, -0.15) is 0 Å². The zero-order valence-corrected chi connectivity index (χ0v) is 9.56. The van der Waals surface area contributed by atoms with Crippen molar-refractivity contribution < 1.29 is 19.8 Å². The van der Waals surface area contributed by atoms with Crippen LogP contribution < -0.4 is 0 Å². The molecule has 1 aliphatic carbocycles. The van der Waals surface area contributed by atoms with Gasteiger partial charge in [-0.05, 0) is 25.2 Å². The third-order valence-electron chi connectivity index (χ3n) is 2.75. The minimum atomic E-state index is -0.973. The Bertz CT molecular complexity index is 225. The number of carboxylic acids is 2. The Labute approximate surface area is 90.3 Å². The van der Waals surface area contributed by atoms with Gasteiger partial charge in [-0.1, -0.05) is 20.8 Å². The summed E-state index contributed by atoms with van der Waals surface area (Å²) in [5.41, 5.74) is 0. The summed E-state index contributed by atoms with van der Waals surface area (Å²) in [6.07, 6.45) is 1.81. The van der Waals surface area contributed by atoms with Crippen LogP contribution in [0.5, 0.6) is 0 Å². The van der Waals surface area contributed by atoms with Crippen molar-refractivity contribution in [2.45, 2.75) is 40.0 Å². The Morgan fingerprint density at radius 1 is 1.00 bits per heavy atom. The zero-order valence-electron chi connectivity index (χ0n) is 9.56. The van der Waals surface area contributed by atoms with Gasteiger partial charge in [0, 0.05) is 0 Å². The minimum absolute atomic E-state index is 0.330. The van der Waals surface area contributed by atoms with E-state index in [2.05, 4.69) is 0 Å². The highest BCUT2D eigenvalue weighted by Crippen LogP contribution is 2.33. The lowest BCUT2D eigenvalue weighted by molar-refractivity contribution is -0.156. The van der Waals surface area contributed by atoms with Gasteiger partial charge in [-0.25, -0.2) is 0 Å². The highest BCUT2D eigenvalue weighted by Gasteiger charge is 2.37. The molecule has 0 saturated heterocycles. The molecule has 1 aliphatic rings. The van der Waals surface area contributed by atoms with E-state index in [1.54, 1.807) is 0 Å². The molecular weight excluding hydrogens is 196 g/mol. The van der Waals surface area contributed by atoms with Crippen LogP contribution in [0.3, 0.4) is 0 Å². The van der Waals surface area contributed by atoms with Gasteiger partial charge in [0.2, 0.25) is 0 Å². The van der Waals surface area contributed by atoms with E-state index < -0.39 is 23.8 Å². The summed E-state index contributed by atoms with van der Waals surface area (Å²) < 4.78 is 0. The van der Waals surface area contributed by atoms with Gasteiger partial charge >= 0.3 is 11.9 Å². The summed E-state index contributed by atoms with van der Waals surface area (Å²) in [5.74, 6) is -3.00. The first-order chi connectivity index (χ1) is 7.02. The molecule has 4 nitrogen and oxygen atoms in total. The van der Waals surface area contributed by atoms with Crippen LogP contribution in [-0.2, 0) is 9.59 Å². The third kappa shape index (κ3) is 3.90. The fourth-order valence-electron chi connectivity index (χ4n) is 1.95. The van der Waals surface area contributed by atoms with Crippen LogP contribution in [0, 0.1) is 17.8 Å². The highest BCUT2D eigenvalue weighted by atomic mass is 16.4. The quantitative estimate of drug-likeness (QED) is 0.742. The average Bonchev–Trinajstić information content (AvgIpc) is 2.20. The van der Waals surface area contributed by atoms with Crippen LogP contribution >= 0.6 is 0 Å². The van der Waals surface area contributed by atoms with Gasteiger partial charge in [0.05, 0.1) is 11.8 Å². The number of hydrogen-bond acceptors (Lipinski definition) is 2. The standard InChI is InChI=1S/C9H14O4.C2H6/c1-5-2-3-6(8(10)11)7(4-5)9(12)13;1-2/h5-7H,2-4H2,1H3,(H,10,11)(H,12,13);1-2H3. The summed E-state index contributed by atoms with van der Waals surface area (Å²) in [7, 11) is 0. The third-order valence-corrected chi connectivity index (χ3v) is 2.75. The van der Waals surface area contributed by atoms with E-state index in [0.29, 0.717) is 18.8 Å². The van der Waals surface area contributed by atoms with Crippen molar-refractivity contribution in [3.63, 3.8) is 0 Å². The topological polar surface area (TPSA) is 74.6 Å². The molecule has 0 aliphatic heterocycles. The summed E-state index contributed by atoms with van der Waals surface area (Å²) in [4.78, 5) is 21.5. The first-order valence-corrected chi connectivity index (χ1v) is 5.48. The van der Waals surface area contributed by atoms with Crippen LogP contribution in [0.4, 0.5) is 0 Å². The van der Waals surface area contributed by atoms with Gasteiger partial charge in [-0.15, -0.1) is 0 Å². The fraction of sp³-hybridized carbons (Fsp3) is 0.818. The lowest BCUT2D eigenvalue weighted by Gasteiger charge is -2.29. The molecule has 15 heavy (non-hydrogen) atoms. The Morgan fingerprint density at radius 2 is 1.47 bits per heavy atom. The van der Waals surface area contributed by atoms with E-state index in [4.69, 9.17) is 10.2 Å². The number of hydrogen-bond donors (Lipinski definition) is 2. The fourth-order valence-corrected chi connectivity index (χ4v) is 1.95. The number of carboxylic acid groups (broad SMARTS) is 2. The lowest BCUT2D eigenvalue weighted by Crippen LogP contribution is -2.34. The van der Waals surface area contributed by atoms with E-state index in [-0.39, 0.29) is 0 Å². The van der Waals surface area contributed by atoms with E-state index in [9.17, 15) is 9.59 Å². The summed E-state index contributed by atoms with van der Waals surface area (Å²) >= 11 is 0. The lowest BCUT2D eigenvalue weighted by atomic mass is 9.75. The molecule has 3 atom stereocenters. The predicted molar refractivity (Wildman–Crippen MR) is 56.6 cm³/mol. The maximum absolute atomic E-state index is 10.8. The molecule has 0 aromatic carbocycles.